The number of benzene rings is 2. The van der Waals surface area contributed by atoms with Crippen LogP contribution in [0, 0.1) is 14.9 Å². The first-order valence-corrected chi connectivity index (χ1v) is 9.53. The van der Waals surface area contributed by atoms with Crippen molar-refractivity contribution < 1.29 is 19.2 Å². The van der Waals surface area contributed by atoms with Crippen LogP contribution in [0.3, 0.4) is 0 Å². The van der Waals surface area contributed by atoms with E-state index in [1.54, 1.807) is 4.57 Å². The van der Waals surface area contributed by atoms with E-state index in [1.165, 1.54) is 18.2 Å². The number of para-hydroxylation sites is 1. The molecule has 1 unspecified atom stereocenters. The molecule has 1 fully saturated rings. The Morgan fingerprint density at radius 3 is 2.71 bits per heavy atom. The summed E-state index contributed by atoms with van der Waals surface area (Å²) in [4.78, 5) is 31.2. The molecular formula is C20H11N5O5S. The molecule has 6 rings (SSSR count). The Kier molecular flexibility index (Phi) is 3.22. The molecule has 0 saturated carbocycles. The maximum atomic E-state index is 12.8. The Bertz CT molecular complexity index is 1470. The number of hydrogen-bond donors (Lipinski definition) is 2. The lowest BCUT2D eigenvalue weighted by Crippen LogP contribution is -2.40. The molecule has 3 aliphatic rings. The summed E-state index contributed by atoms with van der Waals surface area (Å²) in [6.07, 6.45) is 0. The molecule has 3 aromatic rings. The molecular weight excluding hydrogens is 422 g/mol. The summed E-state index contributed by atoms with van der Waals surface area (Å²) in [6, 6.07) is 13.4. The fraction of sp³-hybridized carbons (Fsp3) is 0.0500. The number of nitrogens with zero attached hydrogens (tertiary/aromatic N) is 3. The largest absolute Gasteiger partial charge is 0.423 e. The maximum absolute atomic E-state index is 12.8. The number of nitro groups is 1. The third kappa shape index (κ3) is 2.02. The van der Waals surface area contributed by atoms with E-state index in [9.17, 15) is 14.9 Å². The first-order valence-electron chi connectivity index (χ1n) is 9.12. The van der Waals surface area contributed by atoms with Gasteiger partial charge in [-0.1, -0.05) is 18.2 Å². The molecule has 1 saturated heterocycles. The number of aliphatic imine (C=N–C) groups is 1. The monoisotopic (exact) mass is 433 g/mol. The van der Waals surface area contributed by atoms with Crippen molar-refractivity contribution in [1.82, 2.24) is 9.55 Å². The normalized spacial score (nSPS) is 20.3. The lowest BCUT2D eigenvalue weighted by molar-refractivity contribution is -0.384. The van der Waals surface area contributed by atoms with Crippen LogP contribution >= 0.6 is 12.2 Å². The van der Waals surface area contributed by atoms with Crippen molar-refractivity contribution in [3.8, 4) is 11.6 Å². The van der Waals surface area contributed by atoms with E-state index >= 15 is 0 Å². The first kappa shape index (κ1) is 17.6. The van der Waals surface area contributed by atoms with E-state index in [1.807, 2.05) is 30.3 Å². The molecule has 0 bridgehead atoms. The van der Waals surface area contributed by atoms with Crippen molar-refractivity contribution in [2.24, 2.45) is 10.7 Å². The number of nitrogens with two attached hydrogens (primary N) is 1. The van der Waals surface area contributed by atoms with E-state index in [0.29, 0.717) is 22.6 Å². The Morgan fingerprint density at radius 2 is 1.97 bits per heavy atom. The van der Waals surface area contributed by atoms with E-state index < -0.39 is 16.3 Å². The zero-order valence-electron chi connectivity index (χ0n) is 15.5. The highest BCUT2D eigenvalue weighted by molar-refractivity contribution is 7.71. The predicted molar refractivity (Wildman–Crippen MR) is 110 cm³/mol. The van der Waals surface area contributed by atoms with Gasteiger partial charge in [-0.25, -0.2) is 9.79 Å². The average Bonchev–Trinajstić information content (AvgIpc) is 3.33. The average molecular weight is 433 g/mol. The minimum atomic E-state index is -1.43. The number of rotatable bonds is 2. The number of non-ortho nitro benzene ring substituents is 1. The zero-order chi connectivity index (χ0) is 21.5. The molecule has 10 nitrogen and oxygen atoms in total. The van der Waals surface area contributed by atoms with Crippen LogP contribution in [0.1, 0.15) is 11.3 Å². The number of carbonyl (C=O) groups excluding carboxylic acids is 1. The summed E-state index contributed by atoms with van der Waals surface area (Å²) in [5, 5.41) is 11.5. The van der Waals surface area contributed by atoms with Gasteiger partial charge in [-0.3, -0.25) is 14.7 Å². The molecule has 3 aliphatic heterocycles. The number of H-pyrrole nitrogens is 1. The topological polar surface area (TPSA) is 138 Å². The number of ether oxygens (including phenoxy) is 2. The van der Waals surface area contributed by atoms with Gasteiger partial charge < -0.3 is 20.2 Å². The van der Waals surface area contributed by atoms with Gasteiger partial charge in [0.15, 0.2) is 10.2 Å². The van der Waals surface area contributed by atoms with E-state index in [4.69, 9.17) is 27.4 Å². The molecule has 0 amide bonds. The Balaban J connectivity index is 1.78. The van der Waals surface area contributed by atoms with Gasteiger partial charge in [0.1, 0.15) is 11.3 Å². The third-order valence-corrected chi connectivity index (χ3v) is 5.88. The standard InChI is InChI=1S/C20H11N5O5S/c21-15-13-17(26)30-18-20(13,11-8-10(25(27)28)6-7-12(11)22-18)14-16(29-15)23-19(31)24(14)9-4-2-1-3-5-9/h1-8H,21H2,(H,23,31). The maximum Gasteiger partial charge on any atom is 0.347 e. The van der Waals surface area contributed by atoms with Crippen molar-refractivity contribution in [1.29, 1.82) is 0 Å². The lowest BCUT2D eigenvalue weighted by Gasteiger charge is -2.30. The fourth-order valence-corrected chi connectivity index (χ4v) is 4.71. The highest BCUT2D eigenvalue weighted by atomic mass is 32.1. The molecule has 3 N–H and O–H groups in total. The highest BCUT2D eigenvalue weighted by Gasteiger charge is 2.65. The van der Waals surface area contributed by atoms with Crippen molar-refractivity contribution in [2.75, 3.05) is 0 Å². The summed E-state index contributed by atoms with van der Waals surface area (Å²) < 4.78 is 13.2. The molecule has 0 radical (unpaired) electrons. The van der Waals surface area contributed by atoms with Gasteiger partial charge in [-0.15, -0.1) is 0 Å². The summed E-state index contributed by atoms with van der Waals surface area (Å²) in [6.45, 7) is 0. The van der Waals surface area contributed by atoms with Crippen LogP contribution in [0.4, 0.5) is 11.4 Å². The number of carbonyl (C=O) groups is 1. The predicted octanol–water partition coefficient (Wildman–Crippen LogP) is 2.89. The number of aromatic amines is 1. The number of nitrogens with one attached hydrogen (secondary N) is 1. The van der Waals surface area contributed by atoms with Gasteiger partial charge in [-0.2, -0.15) is 0 Å². The molecule has 152 valence electrons. The molecule has 1 spiro atoms. The zero-order valence-corrected chi connectivity index (χ0v) is 16.3. The van der Waals surface area contributed by atoms with Crippen LogP contribution in [0.5, 0.6) is 5.88 Å². The molecule has 1 aromatic heterocycles. The van der Waals surface area contributed by atoms with Crippen molar-refractivity contribution >= 4 is 35.5 Å². The molecule has 31 heavy (non-hydrogen) atoms. The second-order valence-corrected chi connectivity index (χ2v) is 7.52. The Hall–Kier alpha value is -4.25. The molecule has 1 atom stereocenters. The summed E-state index contributed by atoms with van der Waals surface area (Å²) in [5.74, 6) is -0.654. The quantitative estimate of drug-likeness (QED) is 0.274. The van der Waals surface area contributed by atoms with Gasteiger partial charge in [-0.05, 0) is 30.4 Å². The number of imidazole rings is 1. The minimum Gasteiger partial charge on any atom is -0.423 e. The molecule has 4 heterocycles. The summed E-state index contributed by atoms with van der Waals surface area (Å²) in [5.41, 5.74) is 6.49. The number of nitro benzene ring substituents is 1. The van der Waals surface area contributed by atoms with Gasteiger partial charge in [0.25, 0.3) is 5.69 Å². The second kappa shape index (κ2) is 5.67. The minimum absolute atomic E-state index is 0.0108. The molecule has 11 heteroatoms. The van der Waals surface area contributed by atoms with Crippen LogP contribution < -0.4 is 10.5 Å². The smallest absolute Gasteiger partial charge is 0.347 e. The Morgan fingerprint density at radius 1 is 1.19 bits per heavy atom. The van der Waals surface area contributed by atoms with Crippen LogP contribution in [-0.2, 0) is 14.9 Å². The first-order chi connectivity index (χ1) is 14.9. The fourth-order valence-electron chi connectivity index (χ4n) is 4.42. The third-order valence-electron chi connectivity index (χ3n) is 5.60. The highest BCUT2D eigenvalue weighted by Crippen LogP contribution is 2.58. The summed E-state index contributed by atoms with van der Waals surface area (Å²) in [7, 11) is 0. The number of hydrogen-bond acceptors (Lipinski definition) is 8. The number of fused-ring (bicyclic) bond motifs is 2. The second-order valence-electron chi connectivity index (χ2n) is 7.14. The van der Waals surface area contributed by atoms with Crippen LogP contribution in [0.2, 0.25) is 0 Å². The van der Waals surface area contributed by atoms with Gasteiger partial charge in [0, 0.05) is 23.4 Å². The number of aromatic nitrogens is 2. The molecule has 0 aliphatic carbocycles. The Labute approximate surface area is 178 Å². The number of esters is 1. The van der Waals surface area contributed by atoms with Crippen molar-refractivity contribution in [3.63, 3.8) is 0 Å². The van der Waals surface area contributed by atoms with Gasteiger partial charge >= 0.3 is 5.97 Å². The van der Waals surface area contributed by atoms with Gasteiger partial charge in [0.05, 0.1) is 10.6 Å². The SMILES string of the molecule is NC1=C2C(=O)OC3=Nc4ccc([N+](=O)[O-])cc4C32c2c([nH]c(=S)n2-c2ccccc2)O1. The van der Waals surface area contributed by atoms with Crippen molar-refractivity contribution in [2.45, 2.75) is 5.41 Å². The molecule has 2 aromatic carbocycles. The van der Waals surface area contributed by atoms with Crippen LogP contribution in [0.15, 0.2) is 65.0 Å². The lowest BCUT2D eigenvalue weighted by atomic mass is 9.72. The van der Waals surface area contributed by atoms with E-state index in [0.717, 1.165) is 0 Å². The van der Waals surface area contributed by atoms with Crippen molar-refractivity contribution in [3.05, 3.63) is 86.1 Å². The van der Waals surface area contributed by atoms with E-state index in [2.05, 4.69) is 9.98 Å². The van der Waals surface area contributed by atoms with Gasteiger partial charge in [0.2, 0.25) is 17.7 Å². The van der Waals surface area contributed by atoms with Crippen LogP contribution in [0.25, 0.3) is 5.69 Å². The van der Waals surface area contributed by atoms with Crippen LogP contribution in [-0.4, -0.2) is 26.3 Å². The summed E-state index contributed by atoms with van der Waals surface area (Å²) >= 11 is 5.55. The van der Waals surface area contributed by atoms with E-state index in [-0.39, 0.29) is 33.7 Å².